The molecule has 0 aromatic rings. The summed E-state index contributed by atoms with van der Waals surface area (Å²) in [5, 5.41) is -0.736. The van der Waals surface area contributed by atoms with Gasteiger partial charge in [0.05, 0.1) is 0 Å². The molecule has 1 fully saturated rings. The Morgan fingerprint density at radius 2 is 1.92 bits per heavy atom. The minimum absolute atomic E-state index is 0.0763. The molecule has 1 rings (SSSR count). The van der Waals surface area contributed by atoms with Gasteiger partial charge in [-0.2, -0.15) is 0 Å². The first-order chi connectivity index (χ1) is 6.11. The zero-order valence-electron chi connectivity index (χ0n) is 7.90. The smallest absolute Gasteiger partial charge is 0.159 e. The number of hydrogen-bond acceptors (Lipinski definition) is 3. The molecule has 13 heavy (non-hydrogen) atoms. The van der Waals surface area contributed by atoms with Crippen molar-refractivity contribution in [2.24, 2.45) is 5.92 Å². The summed E-state index contributed by atoms with van der Waals surface area (Å²) in [7, 11) is -3.16. The third kappa shape index (κ3) is 2.30. The molecule has 0 heterocycles. The lowest BCUT2D eigenvalue weighted by atomic mass is 10.1. The normalized spacial score (nSPS) is 21.6. The Balaban J connectivity index is 2.77. The van der Waals surface area contributed by atoms with Crippen molar-refractivity contribution >= 4 is 16.1 Å². The van der Waals surface area contributed by atoms with E-state index in [2.05, 4.69) is 0 Å². The van der Waals surface area contributed by atoms with Crippen LogP contribution in [0.25, 0.3) is 0 Å². The Morgan fingerprint density at radius 3 is 2.31 bits per heavy atom. The molecule has 0 aromatic carbocycles. The molecule has 76 valence electrons. The van der Waals surface area contributed by atoms with Crippen molar-refractivity contribution < 1.29 is 13.2 Å². The van der Waals surface area contributed by atoms with Crippen LogP contribution in [-0.2, 0) is 14.6 Å². The van der Waals surface area contributed by atoms with Crippen LogP contribution in [0.1, 0.15) is 32.6 Å². The van der Waals surface area contributed by atoms with Gasteiger partial charge in [0.1, 0.15) is 11.5 Å². The molecule has 0 unspecified atom stereocenters. The maximum absolute atomic E-state index is 11.5. The van der Waals surface area contributed by atoms with Gasteiger partial charge in [0.15, 0.2) is 9.84 Å². The second-order valence-electron chi connectivity index (χ2n) is 3.60. The Morgan fingerprint density at radius 1 is 1.38 bits per heavy atom. The van der Waals surface area contributed by atoms with Gasteiger partial charge in [-0.15, -0.1) is 0 Å². The molecule has 1 aliphatic carbocycles. The third-order valence-electron chi connectivity index (χ3n) is 2.82. The third-order valence-corrected chi connectivity index (χ3v) is 4.95. The van der Waals surface area contributed by atoms with Crippen molar-refractivity contribution in [3.05, 3.63) is 0 Å². The molecule has 1 aliphatic rings. The number of aldehydes is 1. The van der Waals surface area contributed by atoms with Crippen LogP contribution in [0.3, 0.4) is 0 Å². The van der Waals surface area contributed by atoms with E-state index in [9.17, 15) is 13.2 Å². The number of carbonyl (C=O) groups is 1. The lowest BCUT2D eigenvalue weighted by Crippen LogP contribution is -2.31. The summed E-state index contributed by atoms with van der Waals surface area (Å²) in [4.78, 5) is 10.7. The Bertz CT molecular complexity index is 263. The van der Waals surface area contributed by atoms with Gasteiger partial charge in [0.2, 0.25) is 0 Å². The Hall–Kier alpha value is -0.380. The molecule has 0 bridgehead atoms. The predicted octanol–water partition coefficient (Wildman–Crippen LogP) is 1.18. The van der Waals surface area contributed by atoms with Crippen molar-refractivity contribution in [3.63, 3.8) is 0 Å². The highest BCUT2D eigenvalue weighted by Gasteiger charge is 2.33. The van der Waals surface area contributed by atoms with E-state index in [0.717, 1.165) is 25.7 Å². The fraction of sp³-hybridized carbons (Fsp3) is 0.889. The van der Waals surface area contributed by atoms with Crippen molar-refractivity contribution in [1.82, 2.24) is 0 Å². The predicted molar refractivity (Wildman–Crippen MR) is 51.3 cm³/mol. The monoisotopic (exact) mass is 204 g/mol. The van der Waals surface area contributed by atoms with Crippen molar-refractivity contribution in [1.29, 1.82) is 0 Å². The largest absolute Gasteiger partial charge is 0.302 e. The van der Waals surface area contributed by atoms with Gasteiger partial charge in [-0.1, -0.05) is 19.8 Å². The zero-order valence-corrected chi connectivity index (χ0v) is 8.72. The SMILES string of the molecule is CCS(=O)(=O)[C@@H](C=O)C1CCCC1. The van der Waals surface area contributed by atoms with Gasteiger partial charge in [-0.3, -0.25) is 0 Å². The maximum atomic E-state index is 11.5. The van der Waals surface area contributed by atoms with E-state index in [-0.39, 0.29) is 11.7 Å². The molecule has 0 amide bonds. The molecule has 0 aromatic heterocycles. The summed E-state index contributed by atoms with van der Waals surface area (Å²) in [6, 6.07) is 0. The van der Waals surface area contributed by atoms with Crippen LogP contribution >= 0.6 is 0 Å². The quantitative estimate of drug-likeness (QED) is 0.646. The van der Waals surface area contributed by atoms with Crippen LogP contribution in [0.5, 0.6) is 0 Å². The van der Waals surface area contributed by atoms with Gasteiger partial charge in [0.25, 0.3) is 0 Å². The Labute approximate surface area is 79.4 Å². The van der Waals surface area contributed by atoms with E-state index in [4.69, 9.17) is 0 Å². The average molecular weight is 204 g/mol. The standard InChI is InChI=1S/C9H16O3S/c1-2-13(11,12)9(7-10)8-5-3-4-6-8/h7-9H,2-6H2,1H3/t9-/m0/s1. The zero-order chi connectivity index (χ0) is 9.90. The topological polar surface area (TPSA) is 51.2 Å². The van der Waals surface area contributed by atoms with Gasteiger partial charge in [-0.05, 0) is 18.8 Å². The van der Waals surface area contributed by atoms with Crippen LogP contribution in [0.2, 0.25) is 0 Å². The number of hydrogen-bond donors (Lipinski definition) is 0. The molecule has 0 radical (unpaired) electrons. The second-order valence-corrected chi connectivity index (χ2v) is 6.04. The summed E-state index contributed by atoms with van der Waals surface area (Å²) in [6.45, 7) is 1.60. The minimum Gasteiger partial charge on any atom is -0.302 e. The number of sulfone groups is 1. The summed E-state index contributed by atoms with van der Waals surface area (Å²) < 4.78 is 23.0. The molecule has 0 aliphatic heterocycles. The maximum Gasteiger partial charge on any atom is 0.159 e. The van der Waals surface area contributed by atoms with Crippen molar-refractivity contribution in [2.75, 3.05) is 5.75 Å². The van der Waals surface area contributed by atoms with Gasteiger partial charge >= 0.3 is 0 Å². The summed E-state index contributed by atoms with van der Waals surface area (Å²) in [5.41, 5.74) is 0. The van der Waals surface area contributed by atoms with E-state index >= 15 is 0 Å². The molecule has 0 N–H and O–H groups in total. The van der Waals surface area contributed by atoms with E-state index in [0.29, 0.717) is 6.29 Å². The lowest BCUT2D eigenvalue weighted by Gasteiger charge is -2.16. The van der Waals surface area contributed by atoms with E-state index in [1.807, 2.05) is 0 Å². The van der Waals surface area contributed by atoms with E-state index in [1.54, 1.807) is 6.92 Å². The summed E-state index contributed by atoms with van der Waals surface area (Å²) in [6.07, 6.45) is 4.53. The molecular formula is C9H16O3S. The Kier molecular flexibility index (Phi) is 3.47. The summed E-state index contributed by atoms with van der Waals surface area (Å²) in [5.74, 6) is 0.162. The fourth-order valence-electron chi connectivity index (χ4n) is 1.97. The van der Waals surface area contributed by atoms with Crippen LogP contribution in [0, 0.1) is 5.92 Å². The van der Waals surface area contributed by atoms with Crippen LogP contribution in [-0.4, -0.2) is 25.7 Å². The first-order valence-electron chi connectivity index (χ1n) is 4.78. The molecule has 0 spiro atoms. The minimum atomic E-state index is -3.16. The number of carbonyl (C=O) groups excluding carboxylic acids is 1. The number of rotatable bonds is 4. The molecular weight excluding hydrogens is 188 g/mol. The highest BCUT2D eigenvalue weighted by molar-refractivity contribution is 7.92. The molecule has 1 atom stereocenters. The van der Waals surface area contributed by atoms with Gasteiger partial charge in [0, 0.05) is 5.75 Å². The average Bonchev–Trinajstić information content (AvgIpc) is 2.58. The van der Waals surface area contributed by atoms with E-state index < -0.39 is 15.1 Å². The first kappa shape index (κ1) is 10.7. The van der Waals surface area contributed by atoms with Crippen molar-refractivity contribution in [3.8, 4) is 0 Å². The first-order valence-corrected chi connectivity index (χ1v) is 6.50. The summed E-state index contributed by atoms with van der Waals surface area (Å²) >= 11 is 0. The molecule has 4 heteroatoms. The molecule has 3 nitrogen and oxygen atoms in total. The highest BCUT2D eigenvalue weighted by Crippen LogP contribution is 2.30. The van der Waals surface area contributed by atoms with E-state index in [1.165, 1.54) is 0 Å². The molecule has 0 saturated heterocycles. The van der Waals surface area contributed by atoms with Gasteiger partial charge in [-0.25, -0.2) is 8.42 Å². The van der Waals surface area contributed by atoms with Gasteiger partial charge < -0.3 is 4.79 Å². The second kappa shape index (κ2) is 4.22. The highest BCUT2D eigenvalue weighted by atomic mass is 32.2. The fourth-order valence-corrected chi connectivity index (χ4v) is 3.38. The van der Waals surface area contributed by atoms with Crippen molar-refractivity contribution in [2.45, 2.75) is 37.9 Å². The van der Waals surface area contributed by atoms with Crippen LogP contribution < -0.4 is 0 Å². The van der Waals surface area contributed by atoms with Crippen LogP contribution in [0.15, 0.2) is 0 Å². The van der Waals surface area contributed by atoms with Crippen LogP contribution in [0.4, 0.5) is 0 Å². The lowest BCUT2D eigenvalue weighted by molar-refractivity contribution is -0.108. The molecule has 1 saturated carbocycles.